The number of methoxy groups -OCH3 is 1. The quantitative estimate of drug-likeness (QED) is 0.872. The van der Waals surface area contributed by atoms with E-state index < -0.39 is 0 Å². The predicted molar refractivity (Wildman–Crippen MR) is 71.7 cm³/mol. The second-order valence-corrected chi connectivity index (χ2v) is 4.40. The third-order valence-electron chi connectivity index (χ3n) is 3.09. The Balaban J connectivity index is 2.00. The molecule has 1 unspecified atom stereocenters. The van der Waals surface area contributed by atoms with Gasteiger partial charge in [0.05, 0.1) is 19.4 Å². The Morgan fingerprint density at radius 2 is 1.78 bits per heavy atom. The SMILES string of the molecule is COc1ccc([C@H](C)NC(C)c2ccco2)cc1. The fourth-order valence-corrected chi connectivity index (χ4v) is 1.98. The van der Waals surface area contributed by atoms with Gasteiger partial charge in [0.15, 0.2) is 0 Å². The monoisotopic (exact) mass is 245 g/mol. The van der Waals surface area contributed by atoms with Crippen molar-refractivity contribution in [1.29, 1.82) is 0 Å². The van der Waals surface area contributed by atoms with Crippen LogP contribution in [0.3, 0.4) is 0 Å². The maximum absolute atomic E-state index is 5.39. The van der Waals surface area contributed by atoms with Crippen LogP contribution >= 0.6 is 0 Å². The molecule has 96 valence electrons. The van der Waals surface area contributed by atoms with Crippen LogP contribution in [0, 0.1) is 0 Å². The lowest BCUT2D eigenvalue weighted by Crippen LogP contribution is -2.22. The largest absolute Gasteiger partial charge is 0.497 e. The highest BCUT2D eigenvalue weighted by atomic mass is 16.5. The highest BCUT2D eigenvalue weighted by Crippen LogP contribution is 2.21. The van der Waals surface area contributed by atoms with Crippen LogP contribution in [0.25, 0.3) is 0 Å². The highest BCUT2D eigenvalue weighted by Gasteiger charge is 2.12. The molecule has 1 aromatic carbocycles. The number of rotatable bonds is 5. The number of hydrogen-bond donors (Lipinski definition) is 1. The van der Waals surface area contributed by atoms with E-state index in [0.29, 0.717) is 0 Å². The van der Waals surface area contributed by atoms with E-state index in [0.717, 1.165) is 11.5 Å². The summed E-state index contributed by atoms with van der Waals surface area (Å²) in [6.45, 7) is 4.24. The maximum atomic E-state index is 5.39. The molecule has 0 aliphatic heterocycles. The smallest absolute Gasteiger partial charge is 0.120 e. The van der Waals surface area contributed by atoms with E-state index >= 15 is 0 Å². The van der Waals surface area contributed by atoms with Gasteiger partial charge in [-0.05, 0) is 43.7 Å². The molecule has 0 amide bonds. The van der Waals surface area contributed by atoms with Crippen molar-refractivity contribution in [1.82, 2.24) is 5.32 Å². The molecule has 18 heavy (non-hydrogen) atoms. The first-order chi connectivity index (χ1) is 8.70. The Labute approximate surface area is 108 Å². The summed E-state index contributed by atoms with van der Waals surface area (Å²) in [6.07, 6.45) is 1.70. The van der Waals surface area contributed by atoms with Crippen molar-refractivity contribution in [3.63, 3.8) is 0 Å². The van der Waals surface area contributed by atoms with Crippen LogP contribution in [0.15, 0.2) is 47.1 Å². The van der Waals surface area contributed by atoms with Crippen molar-refractivity contribution in [2.45, 2.75) is 25.9 Å². The zero-order valence-corrected chi connectivity index (χ0v) is 11.0. The molecule has 0 aliphatic rings. The van der Waals surface area contributed by atoms with E-state index in [2.05, 4.69) is 31.3 Å². The molecule has 0 aliphatic carbocycles. The van der Waals surface area contributed by atoms with Gasteiger partial charge in [0.2, 0.25) is 0 Å². The van der Waals surface area contributed by atoms with E-state index in [4.69, 9.17) is 9.15 Å². The summed E-state index contributed by atoms with van der Waals surface area (Å²) in [5.74, 6) is 1.83. The Morgan fingerprint density at radius 1 is 1.06 bits per heavy atom. The molecular weight excluding hydrogens is 226 g/mol. The van der Waals surface area contributed by atoms with E-state index in [1.54, 1.807) is 13.4 Å². The lowest BCUT2D eigenvalue weighted by Gasteiger charge is -2.19. The Morgan fingerprint density at radius 3 is 2.33 bits per heavy atom. The average Bonchev–Trinajstić information content (AvgIpc) is 2.92. The summed E-state index contributed by atoms with van der Waals surface area (Å²) in [4.78, 5) is 0. The van der Waals surface area contributed by atoms with Crippen LogP contribution in [0.2, 0.25) is 0 Å². The van der Waals surface area contributed by atoms with E-state index in [9.17, 15) is 0 Å². The van der Waals surface area contributed by atoms with Crippen LogP contribution in [0.1, 0.15) is 37.3 Å². The fourth-order valence-electron chi connectivity index (χ4n) is 1.98. The summed E-state index contributed by atoms with van der Waals surface area (Å²) in [5, 5.41) is 3.50. The predicted octanol–water partition coefficient (Wildman–Crippen LogP) is 3.70. The van der Waals surface area contributed by atoms with E-state index in [1.807, 2.05) is 24.3 Å². The van der Waals surface area contributed by atoms with E-state index in [-0.39, 0.29) is 12.1 Å². The minimum absolute atomic E-state index is 0.192. The van der Waals surface area contributed by atoms with Crippen molar-refractivity contribution < 1.29 is 9.15 Å². The Hall–Kier alpha value is -1.74. The second kappa shape index (κ2) is 5.74. The molecule has 2 rings (SSSR count). The third-order valence-corrected chi connectivity index (χ3v) is 3.09. The molecule has 1 heterocycles. The minimum atomic E-state index is 0.192. The van der Waals surface area contributed by atoms with Gasteiger partial charge < -0.3 is 14.5 Å². The molecular formula is C15H19NO2. The van der Waals surface area contributed by atoms with Gasteiger partial charge in [0, 0.05) is 6.04 Å². The van der Waals surface area contributed by atoms with Crippen LogP contribution in [-0.4, -0.2) is 7.11 Å². The number of hydrogen-bond acceptors (Lipinski definition) is 3. The highest BCUT2D eigenvalue weighted by molar-refractivity contribution is 5.29. The third kappa shape index (κ3) is 2.93. The molecule has 3 heteroatoms. The molecule has 0 fully saturated rings. The standard InChI is InChI=1S/C15H19NO2/c1-11(13-6-8-14(17-3)9-7-13)16-12(2)15-5-4-10-18-15/h4-12,16H,1-3H3/t11-,12?/m0/s1. The van der Waals surface area contributed by atoms with Crippen molar-refractivity contribution in [3.8, 4) is 5.75 Å². The summed E-state index contributed by atoms with van der Waals surface area (Å²) in [6, 6.07) is 12.4. The molecule has 0 spiro atoms. The zero-order chi connectivity index (χ0) is 13.0. The normalized spacial score (nSPS) is 14.2. The number of ether oxygens (including phenoxy) is 1. The molecule has 2 aromatic rings. The first-order valence-corrected chi connectivity index (χ1v) is 6.14. The second-order valence-electron chi connectivity index (χ2n) is 4.40. The van der Waals surface area contributed by atoms with Gasteiger partial charge in [-0.3, -0.25) is 0 Å². The topological polar surface area (TPSA) is 34.4 Å². The molecule has 0 saturated heterocycles. The van der Waals surface area contributed by atoms with Gasteiger partial charge in [-0.15, -0.1) is 0 Å². The molecule has 0 bridgehead atoms. The van der Waals surface area contributed by atoms with Crippen molar-refractivity contribution >= 4 is 0 Å². The van der Waals surface area contributed by atoms with Crippen molar-refractivity contribution in [2.75, 3.05) is 7.11 Å². The van der Waals surface area contributed by atoms with Gasteiger partial charge in [-0.1, -0.05) is 12.1 Å². The first kappa shape index (κ1) is 12.7. The van der Waals surface area contributed by atoms with E-state index in [1.165, 1.54) is 5.56 Å². The molecule has 2 atom stereocenters. The number of furan rings is 1. The summed E-state index contributed by atoms with van der Waals surface area (Å²) < 4.78 is 10.5. The molecule has 0 saturated carbocycles. The minimum Gasteiger partial charge on any atom is -0.497 e. The fraction of sp³-hybridized carbons (Fsp3) is 0.333. The van der Waals surface area contributed by atoms with Gasteiger partial charge in [-0.25, -0.2) is 0 Å². The Bertz CT molecular complexity index is 462. The molecule has 3 nitrogen and oxygen atoms in total. The number of nitrogens with one attached hydrogen (secondary N) is 1. The van der Waals surface area contributed by atoms with Crippen LogP contribution in [-0.2, 0) is 0 Å². The molecule has 1 aromatic heterocycles. The van der Waals surface area contributed by atoms with Crippen molar-refractivity contribution in [2.24, 2.45) is 0 Å². The maximum Gasteiger partial charge on any atom is 0.120 e. The van der Waals surface area contributed by atoms with Gasteiger partial charge >= 0.3 is 0 Å². The Kier molecular flexibility index (Phi) is 4.05. The van der Waals surface area contributed by atoms with Gasteiger partial charge in [-0.2, -0.15) is 0 Å². The zero-order valence-electron chi connectivity index (χ0n) is 11.0. The van der Waals surface area contributed by atoms with Crippen LogP contribution in [0.5, 0.6) is 5.75 Å². The summed E-state index contributed by atoms with van der Waals surface area (Å²) >= 11 is 0. The lowest BCUT2D eigenvalue weighted by atomic mass is 10.1. The first-order valence-electron chi connectivity index (χ1n) is 6.14. The molecule has 1 N–H and O–H groups in total. The van der Waals surface area contributed by atoms with Gasteiger partial charge in [0.25, 0.3) is 0 Å². The van der Waals surface area contributed by atoms with Gasteiger partial charge in [0.1, 0.15) is 11.5 Å². The van der Waals surface area contributed by atoms with Crippen LogP contribution < -0.4 is 10.1 Å². The molecule has 0 radical (unpaired) electrons. The average molecular weight is 245 g/mol. The number of benzene rings is 1. The van der Waals surface area contributed by atoms with Crippen molar-refractivity contribution in [3.05, 3.63) is 54.0 Å². The lowest BCUT2D eigenvalue weighted by molar-refractivity contribution is 0.401. The summed E-state index contributed by atoms with van der Waals surface area (Å²) in [7, 11) is 1.68. The summed E-state index contributed by atoms with van der Waals surface area (Å²) in [5.41, 5.74) is 1.23. The van der Waals surface area contributed by atoms with Crippen LogP contribution in [0.4, 0.5) is 0 Å².